The molecule has 0 atom stereocenters. The van der Waals surface area contributed by atoms with Crippen LogP contribution in [0.25, 0.3) is 0 Å². The van der Waals surface area contributed by atoms with Gasteiger partial charge in [0.2, 0.25) is 0 Å². The van der Waals surface area contributed by atoms with Gasteiger partial charge in [0.15, 0.2) is 0 Å². The fourth-order valence-electron chi connectivity index (χ4n) is 0.870. The van der Waals surface area contributed by atoms with Crippen molar-refractivity contribution in [1.82, 2.24) is 4.98 Å². The van der Waals surface area contributed by atoms with E-state index < -0.39 is 0 Å². The lowest BCUT2D eigenvalue weighted by Gasteiger charge is -1.97. The minimum Gasteiger partial charge on any atom is -0.396 e. The number of aromatic nitrogens is 1. The van der Waals surface area contributed by atoms with Gasteiger partial charge in [0.05, 0.1) is 12.3 Å². The molecule has 0 bridgehead atoms. The number of pyridine rings is 1. The Morgan fingerprint density at radius 1 is 1.54 bits per heavy atom. The van der Waals surface area contributed by atoms with Crippen LogP contribution in [-0.4, -0.2) is 16.7 Å². The number of aliphatic hydroxyl groups is 1. The molecule has 3 nitrogen and oxygen atoms in total. The third kappa shape index (κ3) is 2.77. The van der Waals surface area contributed by atoms with E-state index in [0.29, 0.717) is 17.8 Å². The van der Waals surface area contributed by atoms with Crippen molar-refractivity contribution in [3.63, 3.8) is 0 Å². The van der Waals surface area contributed by atoms with Gasteiger partial charge in [-0.3, -0.25) is 0 Å². The summed E-state index contributed by atoms with van der Waals surface area (Å²) in [5.74, 6) is 5.59. The summed E-state index contributed by atoms with van der Waals surface area (Å²) in [4.78, 5) is 4.16. The van der Waals surface area contributed by atoms with E-state index in [1.54, 1.807) is 6.07 Å². The Bertz CT molecular complexity index is 350. The van der Waals surface area contributed by atoms with E-state index in [-0.39, 0.29) is 6.61 Å². The van der Waals surface area contributed by atoms with Gasteiger partial charge in [-0.1, -0.05) is 5.92 Å². The van der Waals surface area contributed by atoms with Crippen LogP contribution in [0.4, 0.5) is 5.69 Å². The third-order valence-corrected chi connectivity index (χ3v) is 1.51. The molecule has 0 aliphatic carbocycles. The maximum Gasteiger partial charge on any atom is 0.136 e. The van der Waals surface area contributed by atoms with E-state index in [0.717, 1.165) is 5.69 Å². The molecule has 1 heterocycles. The second-order valence-electron chi connectivity index (χ2n) is 2.67. The summed E-state index contributed by atoms with van der Waals surface area (Å²) in [6, 6.07) is 3.62. The number of anilines is 1. The Balaban J connectivity index is 2.89. The lowest BCUT2D eigenvalue weighted by Crippen LogP contribution is -1.95. The molecule has 68 valence electrons. The molecule has 0 aliphatic heterocycles. The summed E-state index contributed by atoms with van der Waals surface area (Å²) in [5.41, 5.74) is 7.71. The van der Waals surface area contributed by atoms with Gasteiger partial charge in [0.25, 0.3) is 0 Å². The highest BCUT2D eigenvalue weighted by Crippen LogP contribution is 2.07. The van der Waals surface area contributed by atoms with Crippen molar-refractivity contribution in [2.45, 2.75) is 13.3 Å². The first-order valence-corrected chi connectivity index (χ1v) is 4.07. The highest BCUT2D eigenvalue weighted by atomic mass is 16.2. The fraction of sp³-hybridized carbons (Fsp3) is 0.300. The van der Waals surface area contributed by atoms with Gasteiger partial charge in [-0.15, -0.1) is 0 Å². The smallest absolute Gasteiger partial charge is 0.136 e. The first kappa shape index (κ1) is 9.56. The summed E-state index contributed by atoms with van der Waals surface area (Å²) in [7, 11) is 0. The van der Waals surface area contributed by atoms with Gasteiger partial charge in [-0.05, 0) is 25.0 Å². The zero-order chi connectivity index (χ0) is 9.68. The van der Waals surface area contributed by atoms with E-state index in [1.165, 1.54) is 0 Å². The second-order valence-corrected chi connectivity index (χ2v) is 2.67. The monoisotopic (exact) mass is 176 g/mol. The minimum atomic E-state index is 0.0682. The van der Waals surface area contributed by atoms with Crippen molar-refractivity contribution < 1.29 is 5.11 Å². The summed E-state index contributed by atoms with van der Waals surface area (Å²) < 4.78 is 0. The number of nitrogen functional groups attached to an aromatic ring is 1. The highest BCUT2D eigenvalue weighted by molar-refractivity contribution is 5.51. The van der Waals surface area contributed by atoms with Gasteiger partial charge < -0.3 is 10.8 Å². The molecule has 3 N–H and O–H groups in total. The van der Waals surface area contributed by atoms with Crippen molar-refractivity contribution in [3.8, 4) is 11.8 Å². The van der Waals surface area contributed by atoms with Crippen molar-refractivity contribution >= 4 is 5.69 Å². The molecule has 0 amide bonds. The summed E-state index contributed by atoms with van der Waals surface area (Å²) in [6.07, 6.45) is 0.453. The van der Waals surface area contributed by atoms with Crippen LogP contribution in [-0.2, 0) is 0 Å². The predicted molar refractivity (Wildman–Crippen MR) is 52.0 cm³/mol. The molecule has 0 aromatic carbocycles. The largest absolute Gasteiger partial charge is 0.396 e. The highest BCUT2D eigenvalue weighted by Gasteiger charge is 1.95. The summed E-state index contributed by atoms with van der Waals surface area (Å²) in [5, 5.41) is 8.51. The lowest BCUT2D eigenvalue weighted by atomic mass is 10.2. The zero-order valence-electron chi connectivity index (χ0n) is 7.54. The van der Waals surface area contributed by atoms with Crippen LogP contribution in [0.2, 0.25) is 0 Å². The van der Waals surface area contributed by atoms with Crippen LogP contribution >= 0.6 is 0 Å². The molecule has 0 saturated carbocycles. The Labute approximate surface area is 77.6 Å². The third-order valence-electron chi connectivity index (χ3n) is 1.51. The van der Waals surface area contributed by atoms with Crippen LogP contribution in [0.5, 0.6) is 0 Å². The molecule has 1 aromatic rings. The molecular formula is C10H12N2O. The van der Waals surface area contributed by atoms with Crippen molar-refractivity contribution in [2.75, 3.05) is 12.3 Å². The van der Waals surface area contributed by atoms with E-state index in [1.807, 2.05) is 13.0 Å². The van der Waals surface area contributed by atoms with Gasteiger partial charge in [-0.25, -0.2) is 4.98 Å². The first-order valence-electron chi connectivity index (χ1n) is 4.07. The van der Waals surface area contributed by atoms with E-state index in [4.69, 9.17) is 10.8 Å². The summed E-state index contributed by atoms with van der Waals surface area (Å²) >= 11 is 0. The number of nitrogens with two attached hydrogens (primary N) is 1. The zero-order valence-corrected chi connectivity index (χ0v) is 7.54. The second kappa shape index (κ2) is 4.48. The molecule has 0 radical (unpaired) electrons. The summed E-state index contributed by atoms with van der Waals surface area (Å²) in [6.45, 7) is 1.95. The molecule has 13 heavy (non-hydrogen) atoms. The van der Waals surface area contributed by atoms with Crippen molar-refractivity contribution in [2.24, 2.45) is 0 Å². The number of aliphatic hydroxyl groups excluding tert-OH is 1. The van der Waals surface area contributed by atoms with Crippen LogP contribution < -0.4 is 5.73 Å². The molecule has 0 spiro atoms. The molecule has 0 fully saturated rings. The standard InChI is InChI=1S/C10H12N2O/c1-8-5-6-9(11)10(12-8)4-2-3-7-13/h5-6,13H,3,7,11H2,1H3. The molecule has 0 aliphatic rings. The minimum absolute atomic E-state index is 0.0682. The Morgan fingerprint density at radius 2 is 2.31 bits per heavy atom. The number of hydrogen-bond donors (Lipinski definition) is 2. The SMILES string of the molecule is Cc1ccc(N)c(C#CCCO)n1. The number of rotatable bonds is 1. The molecule has 1 aromatic heterocycles. The van der Waals surface area contributed by atoms with Crippen molar-refractivity contribution in [1.29, 1.82) is 0 Å². The molecule has 3 heteroatoms. The van der Waals surface area contributed by atoms with Crippen LogP contribution in [0.15, 0.2) is 12.1 Å². The first-order chi connectivity index (χ1) is 6.24. The van der Waals surface area contributed by atoms with E-state index in [2.05, 4.69) is 16.8 Å². The number of nitrogens with zero attached hydrogens (tertiary/aromatic N) is 1. The quantitative estimate of drug-likeness (QED) is 0.619. The maximum absolute atomic E-state index is 8.51. The van der Waals surface area contributed by atoms with Crippen LogP contribution in [0.3, 0.4) is 0 Å². The lowest BCUT2D eigenvalue weighted by molar-refractivity contribution is 0.305. The predicted octanol–water partition coefficient (Wildman–Crippen LogP) is 0.706. The van der Waals surface area contributed by atoms with Crippen LogP contribution in [0.1, 0.15) is 17.8 Å². The Morgan fingerprint density at radius 3 is 3.00 bits per heavy atom. The molecule has 0 unspecified atom stereocenters. The molecular weight excluding hydrogens is 164 g/mol. The van der Waals surface area contributed by atoms with E-state index in [9.17, 15) is 0 Å². The van der Waals surface area contributed by atoms with Gasteiger partial charge in [-0.2, -0.15) is 0 Å². The average Bonchev–Trinajstić information content (AvgIpc) is 2.11. The van der Waals surface area contributed by atoms with Crippen LogP contribution in [0, 0.1) is 18.8 Å². The molecule has 1 rings (SSSR count). The van der Waals surface area contributed by atoms with Gasteiger partial charge in [0, 0.05) is 12.1 Å². The Kier molecular flexibility index (Phi) is 3.30. The van der Waals surface area contributed by atoms with Gasteiger partial charge >= 0.3 is 0 Å². The Hall–Kier alpha value is -1.53. The number of hydrogen-bond acceptors (Lipinski definition) is 3. The van der Waals surface area contributed by atoms with Crippen molar-refractivity contribution in [3.05, 3.63) is 23.5 Å². The topological polar surface area (TPSA) is 59.1 Å². The fourth-order valence-corrected chi connectivity index (χ4v) is 0.870. The number of aryl methyl sites for hydroxylation is 1. The van der Waals surface area contributed by atoms with Gasteiger partial charge in [0.1, 0.15) is 5.69 Å². The normalized spacial score (nSPS) is 9.08. The van der Waals surface area contributed by atoms with E-state index >= 15 is 0 Å². The molecule has 0 saturated heterocycles. The average molecular weight is 176 g/mol. The maximum atomic E-state index is 8.51.